The van der Waals surface area contributed by atoms with Crippen LogP contribution in [0.1, 0.15) is 23.3 Å². The molecule has 1 aliphatic heterocycles. The van der Waals surface area contributed by atoms with E-state index in [2.05, 4.69) is 10.3 Å². The van der Waals surface area contributed by atoms with E-state index < -0.39 is 0 Å². The number of thiazole rings is 1. The molecule has 1 amide bonds. The van der Waals surface area contributed by atoms with Crippen molar-refractivity contribution in [3.63, 3.8) is 0 Å². The van der Waals surface area contributed by atoms with Crippen LogP contribution in [0, 0.1) is 0 Å². The number of aromatic nitrogens is 1. The average molecular weight is 228 g/mol. The SMILES string of the molecule is O=C(NCC1CCCS1)c1cscn1. The van der Waals surface area contributed by atoms with Crippen LogP contribution in [0.4, 0.5) is 0 Å². The van der Waals surface area contributed by atoms with E-state index in [0.29, 0.717) is 10.9 Å². The Hall–Kier alpha value is -0.550. The lowest BCUT2D eigenvalue weighted by molar-refractivity contribution is 0.0949. The second kappa shape index (κ2) is 4.79. The van der Waals surface area contributed by atoms with Gasteiger partial charge in [-0.1, -0.05) is 0 Å². The largest absolute Gasteiger partial charge is 0.350 e. The summed E-state index contributed by atoms with van der Waals surface area (Å²) >= 11 is 3.40. The van der Waals surface area contributed by atoms with Crippen molar-refractivity contribution in [1.82, 2.24) is 10.3 Å². The zero-order valence-electron chi connectivity index (χ0n) is 7.73. The maximum Gasteiger partial charge on any atom is 0.270 e. The molecule has 0 aliphatic carbocycles. The molecule has 0 aromatic carbocycles. The Bertz CT molecular complexity index is 294. The number of hydrogen-bond donors (Lipinski definition) is 1. The molecule has 76 valence electrons. The zero-order chi connectivity index (χ0) is 9.80. The number of amides is 1. The lowest BCUT2D eigenvalue weighted by Crippen LogP contribution is -2.29. The molecule has 2 rings (SSSR count). The van der Waals surface area contributed by atoms with Gasteiger partial charge in [0.25, 0.3) is 5.91 Å². The molecule has 1 aliphatic rings. The van der Waals surface area contributed by atoms with E-state index in [0.717, 1.165) is 6.54 Å². The van der Waals surface area contributed by atoms with Crippen molar-refractivity contribution in [2.75, 3.05) is 12.3 Å². The average Bonchev–Trinajstić information content (AvgIpc) is 2.87. The molecule has 14 heavy (non-hydrogen) atoms. The summed E-state index contributed by atoms with van der Waals surface area (Å²) < 4.78 is 0. The molecule has 1 aromatic rings. The highest BCUT2D eigenvalue weighted by atomic mass is 32.2. The molecule has 0 radical (unpaired) electrons. The van der Waals surface area contributed by atoms with Crippen LogP contribution in [0.5, 0.6) is 0 Å². The van der Waals surface area contributed by atoms with Crippen LogP contribution in [0.3, 0.4) is 0 Å². The van der Waals surface area contributed by atoms with Crippen LogP contribution in [0.2, 0.25) is 0 Å². The van der Waals surface area contributed by atoms with Gasteiger partial charge in [-0.3, -0.25) is 4.79 Å². The van der Waals surface area contributed by atoms with Crippen LogP contribution >= 0.6 is 23.1 Å². The monoisotopic (exact) mass is 228 g/mol. The van der Waals surface area contributed by atoms with Gasteiger partial charge < -0.3 is 5.32 Å². The van der Waals surface area contributed by atoms with Crippen molar-refractivity contribution in [3.8, 4) is 0 Å². The third-order valence-electron chi connectivity index (χ3n) is 2.18. The van der Waals surface area contributed by atoms with Crippen molar-refractivity contribution in [1.29, 1.82) is 0 Å². The standard InChI is InChI=1S/C9H12N2OS2/c12-9(8-5-13-6-11-8)10-4-7-2-1-3-14-7/h5-7H,1-4H2,(H,10,12). The normalized spacial score (nSPS) is 21.0. The number of carbonyl (C=O) groups excluding carboxylic acids is 1. The van der Waals surface area contributed by atoms with E-state index in [1.807, 2.05) is 11.8 Å². The van der Waals surface area contributed by atoms with Gasteiger partial charge in [0, 0.05) is 17.2 Å². The molecule has 1 atom stereocenters. The smallest absolute Gasteiger partial charge is 0.270 e. The Balaban J connectivity index is 1.78. The Kier molecular flexibility index (Phi) is 3.42. The first-order chi connectivity index (χ1) is 6.86. The molecule has 2 heterocycles. The Labute approximate surface area is 91.3 Å². The highest BCUT2D eigenvalue weighted by molar-refractivity contribution is 8.00. The first kappa shape index (κ1) is 9.98. The third-order valence-corrected chi connectivity index (χ3v) is 4.16. The van der Waals surface area contributed by atoms with Crippen LogP contribution in [-0.4, -0.2) is 28.4 Å². The molecule has 0 saturated carbocycles. The van der Waals surface area contributed by atoms with Crippen LogP contribution in [-0.2, 0) is 0 Å². The minimum atomic E-state index is -0.0428. The van der Waals surface area contributed by atoms with Crippen LogP contribution < -0.4 is 5.32 Å². The van der Waals surface area contributed by atoms with Gasteiger partial charge in [-0.05, 0) is 18.6 Å². The van der Waals surface area contributed by atoms with E-state index in [9.17, 15) is 4.79 Å². The van der Waals surface area contributed by atoms with Gasteiger partial charge >= 0.3 is 0 Å². The maximum atomic E-state index is 11.5. The van der Waals surface area contributed by atoms with Crippen molar-refractivity contribution in [3.05, 3.63) is 16.6 Å². The second-order valence-corrected chi connectivity index (χ2v) is 5.35. The molecule has 1 unspecified atom stereocenters. The molecule has 1 N–H and O–H groups in total. The van der Waals surface area contributed by atoms with Gasteiger partial charge in [0.15, 0.2) is 0 Å². The first-order valence-electron chi connectivity index (χ1n) is 4.64. The lowest BCUT2D eigenvalue weighted by atomic mass is 10.2. The molecular weight excluding hydrogens is 216 g/mol. The van der Waals surface area contributed by atoms with Crippen molar-refractivity contribution >= 4 is 29.0 Å². The molecule has 0 spiro atoms. The van der Waals surface area contributed by atoms with Crippen LogP contribution in [0.15, 0.2) is 10.9 Å². The third kappa shape index (κ3) is 2.48. The van der Waals surface area contributed by atoms with Gasteiger partial charge in [0.1, 0.15) is 5.69 Å². The number of nitrogens with zero attached hydrogens (tertiary/aromatic N) is 1. The Morgan fingerprint density at radius 2 is 2.64 bits per heavy atom. The maximum absolute atomic E-state index is 11.5. The summed E-state index contributed by atoms with van der Waals surface area (Å²) in [5.74, 6) is 1.19. The predicted molar refractivity (Wildman–Crippen MR) is 59.9 cm³/mol. The van der Waals surface area contributed by atoms with Gasteiger partial charge in [0.05, 0.1) is 5.51 Å². The summed E-state index contributed by atoms with van der Waals surface area (Å²) in [6, 6.07) is 0. The highest BCUT2D eigenvalue weighted by Crippen LogP contribution is 2.25. The summed E-state index contributed by atoms with van der Waals surface area (Å²) in [4.78, 5) is 15.4. The van der Waals surface area contributed by atoms with Crippen LogP contribution in [0.25, 0.3) is 0 Å². The Morgan fingerprint density at radius 3 is 3.29 bits per heavy atom. The number of hydrogen-bond acceptors (Lipinski definition) is 4. The molecule has 3 nitrogen and oxygen atoms in total. The fourth-order valence-electron chi connectivity index (χ4n) is 1.43. The van der Waals surface area contributed by atoms with Crippen molar-refractivity contribution in [2.45, 2.75) is 18.1 Å². The fourth-order valence-corrected chi connectivity index (χ4v) is 3.16. The molecule has 5 heteroatoms. The zero-order valence-corrected chi connectivity index (χ0v) is 9.37. The summed E-state index contributed by atoms with van der Waals surface area (Å²) in [6.07, 6.45) is 2.50. The number of thioether (sulfide) groups is 1. The van der Waals surface area contributed by atoms with Gasteiger partial charge in [-0.25, -0.2) is 4.98 Å². The fraction of sp³-hybridized carbons (Fsp3) is 0.556. The molecule has 1 saturated heterocycles. The predicted octanol–water partition coefficient (Wildman–Crippen LogP) is 1.77. The number of carbonyl (C=O) groups is 1. The van der Waals surface area contributed by atoms with Crippen molar-refractivity contribution < 1.29 is 4.79 Å². The Morgan fingerprint density at radius 1 is 1.71 bits per heavy atom. The minimum Gasteiger partial charge on any atom is -0.350 e. The van der Waals surface area contributed by atoms with Gasteiger partial charge in [-0.15, -0.1) is 11.3 Å². The van der Waals surface area contributed by atoms with Gasteiger partial charge in [-0.2, -0.15) is 11.8 Å². The topological polar surface area (TPSA) is 42.0 Å². The molecule has 1 fully saturated rings. The number of nitrogens with one attached hydrogen (secondary N) is 1. The molecular formula is C9H12N2OS2. The van der Waals surface area contributed by atoms with E-state index in [1.165, 1.54) is 29.9 Å². The summed E-state index contributed by atoms with van der Waals surface area (Å²) in [5, 5.41) is 5.30. The highest BCUT2D eigenvalue weighted by Gasteiger charge is 2.16. The van der Waals surface area contributed by atoms with Gasteiger partial charge in [0.2, 0.25) is 0 Å². The summed E-state index contributed by atoms with van der Waals surface area (Å²) in [6.45, 7) is 0.779. The lowest BCUT2D eigenvalue weighted by Gasteiger charge is -2.08. The second-order valence-electron chi connectivity index (χ2n) is 3.22. The number of rotatable bonds is 3. The van der Waals surface area contributed by atoms with E-state index >= 15 is 0 Å². The van der Waals surface area contributed by atoms with E-state index in [-0.39, 0.29) is 5.91 Å². The summed E-state index contributed by atoms with van der Waals surface area (Å²) in [5.41, 5.74) is 2.22. The minimum absolute atomic E-state index is 0.0428. The molecule has 1 aromatic heterocycles. The quantitative estimate of drug-likeness (QED) is 0.857. The molecule has 0 bridgehead atoms. The van der Waals surface area contributed by atoms with E-state index in [4.69, 9.17) is 0 Å². The van der Waals surface area contributed by atoms with E-state index in [1.54, 1.807) is 10.9 Å². The first-order valence-corrected chi connectivity index (χ1v) is 6.63. The van der Waals surface area contributed by atoms with Crippen molar-refractivity contribution in [2.24, 2.45) is 0 Å². The summed E-state index contributed by atoms with van der Waals surface area (Å²) in [7, 11) is 0.